The van der Waals surface area contributed by atoms with E-state index < -0.39 is 0 Å². The van der Waals surface area contributed by atoms with Crippen molar-refractivity contribution in [1.82, 2.24) is 4.90 Å². The summed E-state index contributed by atoms with van der Waals surface area (Å²) in [6.07, 6.45) is 0.899. The summed E-state index contributed by atoms with van der Waals surface area (Å²) in [5.41, 5.74) is 0. The summed E-state index contributed by atoms with van der Waals surface area (Å²) < 4.78 is 5.51. The zero-order valence-electron chi connectivity index (χ0n) is 9.31. The Labute approximate surface area is 86.0 Å². The van der Waals surface area contributed by atoms with Crippen LogP contribution in [0.2, 0.25) is 0 Å². The molecule has 0 radical (unpaired) electrons. The van der Waals surface area contributed by atoms with Crippen molar-refractivity contribution in [3.8, 4) is 0 Å². The van der Waals surface area contributed by atoms with Crippen molar-refractivity contribution >= 4 is 0 Å². The molecule has 0 aromatic carbocycles. The SMILES string of the molecule is C[C@H]1[C@@H](O)[C@@H](N(C)C)C[C@H]2COC[C@H]21. The molecule has 5 atom stereocenters. The van der Waals surface area contributed by atoms with Crippen LogP contribution in [0.4, 0.5) is 0 Å². The van der Waals surface area contributed by atoms with Crippen LogP contribution in [-0.2, 0) is 4.74 Å². The summed E-state index contributed by atoms with van der Waals surface area (Å²) >= 11 is 0. The predicted molar refractivity (Wildman–Crippen MR) is 55.1 cm³/mol. The fourth-order valence-electron chi connectivity index (χ4n) is 3.01. The topological polar surface area (TPSA) is 32.7 Å². The quantitative estimate of drug-likeness (QED) is 0.670. The lowest BCUT2D eigenvalue weighted by Gasteiger charge is -2.42. The number of aliphatic hydroxyl groups excluding tert-OH is 1. The van der Waals surface area contributed by atoms with Crippen LogP contribution in [0, 0.1) is 17.8 Å². The van der Waals surface area contributed by atoms with Gasteiger partial charge in [-0.15, -0.1) is 0 Å². The summed E-state index contributed by atoms with van der Waals surface area (Å²) in [6.45, 7) is 3.90. The largest absolute Gasteiger partial charge is 0.391 e. The highest BCUT2D eigenvalue weighted by molar-refractivity contribution is 4.95. The zero-order chi connectivity index (χ0) is 10.3. The number of likely N-dealkylation sites (N-methyl/N-ethyl adjacent to an activating group) is 1. The molecule has 0 unspecified atom stereocenters. The summed E-state index contributed by atoms with van der Waals surface area (Å²) in [5, 5.41) is 10.2. The molecule has 1 heterocycles. The van der Waals surface area contributed by atoms with Gasteiger partial charge in [0, 0.05) is 12.6 Å². The van der Waals surface area contributed by atoms with Crippen LogP contribution in [0.3, 0.4) is 0 Å². The molecule has 1 N–H and O–H groups in total. The van der Waals surface area contributed by atoms with E-state index in [-0.39, 0.29) is 6.10 Å². The van der Waals surface area contributed by atoms with E-state index in [0.717, 1.165) is 19.6 Å². The number of nitrogens with zero attached hydrogens (tertiary/aromatic N) is 1. The van der Waals surface area contributed by atoms with Gasteiger partial charge in [-0.3, -0.25) is 0 Å². The Kier molecular flexibility index (Phi) is 2.82. The molecule has 0 aromatic heterocycles. The standard InChI is InChI=1S/C11H21NO2/c1-7-9-6-14-5-8(9)4-10(11(7)13)12(2)3/h7-11,13H,4-6H2,1-3H3/t7-,8+,9+,10+,11-/m1/s1. The van der Waals surface area contributed by atoms with Crippen molar-refractivity contribution < 1.29 is 9.84 Å². The molecule has 0 aromatic rings. The van der Waals surface area contributed by atoms with E-state index in [9.17, 15) is 5.11 Å². The molecule has 3 heteroatoms. The van der Waals surface area contributed by atoms with Crippen LogP contribution in [0.5, 0.6) is 0 Å². The third-order valence-electron chi connectivity index (χ3n) is 4.06. The lowest BCUT2D eigenvalue weighted by atomic mass is 9.70. The van der Waals surface area contributed by atoms with E-state index in [2.05, 4.69) is 25.9 Å². The minimum atomic E-state index is -0.187. The first-order valence-corrected chi connectivity index (χ1v) is 5.53. The first-order chi connectivity index (χ1) is 6.61. The van der Waals surface area contributed by atoms with E-state index in [1.807, 2.05) is 0 Å². The fraction of sp³-hybridized carbons (Fsp3) is 1.00. The van der Waals surface area contributed by atoms with Crippen molar-refractivity contribution in [2.24, 2.45) is 17.8 Å². The maximum absolute atomic E-state index is 10.2. The van der Waals surface area contributed by atoms with Crippen LogP contribution < -0.4 is 0 Å². The highest BCUT2D eigenvalue weighted by Gasteiger charge is 2.44. The van der Waals surface area contributed by atoms with Gasteiger partial charge in [-0.1, -0.05) is 6.92 Å². The van der Waals surface area contributed by atoms with Gasteiger partial charge in [0.1, 0.15) is 0 Å². The van der Waals surface area contributed by atoms with Crippen LogP contribution in [0.1, 0.15) is 13.3 Å². The summed E-state index contributed by atoms with van der Waals surface area (Å²) in [7, 11) is 4.10. The van der Waals surface area contributed by atoms with Crippen molar-refractivity contribution in [3.63, 3.8) is 0 Å². The zero-order valence-corrected chi connectivity index (χ0v) is 9.31. The maximum Gasteiger partial charge on any atom is 0.0724 e. The normalized spacial score (nSPS) is 48.2. The van der Waals surface area contributed by atoms with Gasteiger partial charge in [-0.25, -0.2) is 0 Å². The average Bonchev–Trinajstić information content (AvgIpc) is 2.58. The van der Waals surface area contributed by atoms with E-state index in [1.165, 1.54) is 0 Å². The third-order valence-corrected chi connectivity index (χ3v) is 4.06. The van der Waals surface area contributed by atoms with Gasteiger partial charge in [0.05, 0.1) is 12.7 Å². The molecule has 0 bridgehead atoms. The van der Waals surface area contributed by atoms with Crippen LogP contribution in [0.15, 0.2) is 0 Å². The molecule has 1 aliphatic carbocycles. The number of rotatable bonds is 1. The fourth-order valence-corrected chi connectivity index (χ4v) is 3.01. The number of hydrogen-bond acceptors (Lipinski definition) is 3. The van der Waals surface area contributed by atoms with Gasteiger partial charge in [0.2, 0.25) is 0 Å². The van der Waals surface area contributed by atoms with Crippen molar-refractivity contribution in [2.75, 3.05) is 27.3 Å². The number of ether oxygens (including phenoxy) is 1. The minimum absolute atomic E-state index is 0.187. The molecule has 0 spiro atoms. The molecule has 2 aliphatic rings. The smallest absolute Gasteiger partial charge is 0.0724 e. The Morgan fingerprint density at radius 3 is 2.64 bits per heavy atom. The average molecular weight is 199 g/mol. The Bertz CT molecular complexity index is 205. The minimum Gasteiger partial charge on any atom is -0.391 e. The van der Waals surface area contributed by atoms with Crippen molar-refractivity contribution in [1.29, 1.82) is 0 Å². The molecular weight excluding hydrogens is 178 g/mol. The lowest BCUT2D eigenvalue weighted by Crippen LogP contribution is -2.51. The molecule has 2 fully saturated rings. The molecule has 1 aliphatic heterocycles. The van der Waals surface area contributed by atoms with Crippen LogP contribution in [0.25, 0.3) is 0 Å². The predicted octanol–water partition coefficient (Wildman–Crippen LogP) is 0.580. The molecule has 2 rings (SSSR count). The van der Waals surface area contributed by atoms with E-state index in [1.54, 1.807) is 0 Å². The second-order valence-corrected chi connectivity index (χ2v) is 5.08. The van der Waals surface area contributed by atoms with E-state index in [0.29, 0.717) is 23.8 Å². The molecule has 0 amide bonds. The number of aliphatic hydroxyl groups is 1. The molecular formula is C11H21NO2. The first kappa shape index (κ1) is 10.4. The van der Waals surface area contributed by atoms with E-state index >= 15 is 0 Å². The van der Waals surface area contributed by atoms with Crippen LogP contribution >= 0.6 is 0 Å². The second kappa shape index (κ2) is 3.80. The monoisotopic (exact) mass is 199 g/mol. The second-order valence-electron chi connectivity index (χ2n) is 5.08. The van der Waals surface area contributed by atoms with Gasteiger partial charge in [0.25, 0.3) is 0 Å². The van der Waals surface area contributed by atoms with Gasteiger partial charge in [0.15, 0.2) is 0 Å². The van der Waals surface area contributed by atoms with Gasteiger partial charge in [-0.2, -0.15) is 0 Å². The summed E-state index contributed by atoms with van der Waals surface area (Å²) in [5.74, 6) is 1.63. The lowest BCUT2D eigenvalue weighted by molar-refractivity contribution is -0.0341. The molecule has 1 saturated heterocycles. The van der Waals surface area contributed by atoms with Gasteiger partial charge >= 0.3 is 0 Å². The highest BCUT2D eigenvalue weighted by atomic mass is 16.5. The summed E-state index contributed by atoms with van der Waals surface area (Å²) in [6, 6.07) is 0.313. The highest BCUT2D eigenvalue weighted by Crippen LogP contribution is 2.40. The van der Waals surface area contributed by atoms with Crippen LogP contribution in [-0.4, -0.2) is 49.5 Å². The Morgan fingerprint density at radius 2 is 2.00 bits per heavy atom. The molecule has 3 nitrogen and oxygen atoms in total. The molecule has 82 valence electrons. The number of hydrogen-bond donors (Lipinski definition) is 1. The first-order valence-electron chi connectivity index (χ1n) is 5.53. The van der Waals surface area contributed by atoms with Gasteiger partial charge < -0.3 is 14.7 Å². The molecule has 1 saturated carbocycles. The Morgan fingerprint density at radius 1 is 1.29 bits per heavy atom. The third kappa shape index (κ3) is 1.58. The Balaban J connectivity index is 2.11. The van der Waals surface area contributed by atoms with E-state index in [4.69, 9.17) is 4.74 Å². The maximum atomic E-state index is 10.2. The van der Waals surface area contributed by atoms with Crippen molar-refractivity contribution in [3.05, 3.63) is 0 Å². The number of fused-ring (bicyclic) bond motifs is 1. The molecule has 14 heavy (non-hydrogen) atoms. The summed E-state index contributed by atoms with van der Waals surface area (Å²) in [4.78, 5) is 2.15. The van der Waals surface area contributed by atoms with Gasteiger partial charge in [-0.05, 0) is 38.3 Å². The van der Waals surface area contributed by atoms with Crippen molar-refractivity contribution in [2.45, 2.75) is 25.5 Å². The Hall–Kier alpha value is -0.120.